The Balaban J connectivity index is 1.26. The predicted molar refractivity (Wildman–Crippen MR) is 97.8 cm³/mol. The average molecular weight is 365 g/mol. The van der Waals surface area contributed by atoms with Crippen molar-refractivity contribution < 1.29 is 13.9 Å². The molecule has 1 unspecified atom stereocenters. The number of piperazine rings is 1. The number of hydrogen-bond donors (Lipinski definition) is 0. The number of benzene rings is 1. The van der Waals surface area contributed by atoms with E-state index in [4.69, 9.17) is 9.47 Å². The Hall–Kier alpha value is -1.28. The first kappa shape index (κ1) is 17.1. The molecule has 25 heavy (non-hydrogen) atoms. The number of rotatable bonds is 5. The van der Waals surface area contributed by atoms with Gasteiger partial charge in [-0.25, -0.2) is 9.37 Å². The van der Waals surface area contributed by atoms with Crippen LogP contribution >= 0.6 is 11.3 Å². The Morgan fingerprint density at radius 2 is 2.12 bits per heavy atom. The fourth-order valence-corrected chi connectivity index (χ4v) is 4.17. The number of fused-ring (bicyclic) bond motifs is 1. The van der Waals surface area contributed by atoms with Crippen LogP contribution in [-0.4, -0.2) is 62.1 Å². The molecular formula is C18H24FN3O2S. The number of hydrogen-bond acceptors (Lipinski definition) is 6. The molecule has 2 aliphatic heterocycles. The highest BCUT2D eigenvalue weighted by molar-refractivity contribution is 7.16. The summed E-state index contributed by atoms with van der Waals surface area (Å²) >= 11 is 1.48. The van der Waals surface area contributed by atoms with Crippen molar-refractivity contribution in [1.29, 1.82) is 0 Å². The first-order chi connectivity index (χ1) is 12.3. The van der Waals surface area contributed by atoms with Crippen molar-refractivity contribution in [3.05, 3.63) is 23.5 Å². The lowest BCUT2D eigenvalue weighted by Gasteiger charge is -2.36. The number of anilines is 1. The van der Waals surface area contributed by atoms with Crippen molar-refractivity contribution in [1.82, 2.24) is 9.88 Å². The SMILES string of the molecule is Fc1c(N2CCN(CCOC3CCCCO3)CC2)ccc2scnc12. The second kappa shape index (κ2) is 7.95. The third-order valence-corrected chi connectivity index (χ3v) is 5.78. The molecule has 0 bridgehead atoms. The molecule has 7 heteroatoms. The predicted octanol–water partition coefficient (Wildman–Crippen LogP) is 3.10. The third kappa shape index (κ3) is 3.95. The van der Waals surface area contributed by atoms with Gasteiger partial charge in [-0.15, -0.1) is 11.3 Å². The van der Waals surface area contributed by atoms with Gasteiger partial charge in [-0.05, 0) is 31.4 Å². The van der Waals surface area contributed by atoms with Gasteiger partial charge < -0.3 is 14.4 Å². The molecule has 0 N–H and O–H groups in total. The van der Waals surface area contributed by atoms with E-state index in [2.05, 4.69) is 14.8 Å². The van der Waals surface area contributed by atoms with E-state index < -0.39 is 0 Å². The Labute approximate surface area is 151 Å². The largest absolute Gasteiger partial charge is 0.367 e. The molecule has 0 saturated carbocycles. The second-order valence-electron chi connectivity index (χ2n) is 6.59. The Kier molecular flexibility index (Phi) is 5.45. The first-order valence-corrected chi connectivity index (χ1v) is 9.91. The molecule has 2 aliphatic rings. The van der Waals surface area contributed by atoms with E-state index >= 15 is 0 Å². The summed E-state index contributed by atoms with van der Waals surface area (Å²) in [5.74, 6) is -0.190. The van der Waals surface area contributed by atoms with E-state index in [0.29, 0.717) is 17.8 Å². The van der Waals surface area contributed by atoms with E-state index in [1.807, 2.05) is 12.1 Å². The van der Waals surface area contributed by atoms with Crippen LogP contribution in [0.15, 0.2) is 17.6 Å². The van der Waals surface area contributed by atoms with Crippen LogP contribution in [0.25, 0.3) is 10.2 Å². The topological polar surface area (TPSA) is 37.8 Å². The maximum absolute atomic E-state index is 14.6. The number of ether oxygens (including phenoxy) is 2. The van der Waals surface area contributed by atoms with Gasteiger partial charge in [0.2, 0.25) is 0 Å². The molecule has 0 spiro atoms. The monoisotopic (exact) mass is 365 g/mol. The van der Waals surface area contributed by atoms with Crippen molar-refractivity contribution in [3.8, 4) is 0 Å². The second-order valence-corrected chi connectivity index (χ2v) is 7.48. The van der Waals surface area contributed by atoms with Crippen LogP contribution in [0.3, 0.4) is 0 Å². The summed E-state index contributed by atoms with van der Waals surface area (Å²) in [7, 11) is 0. The zero-order chi connectivity index (χ0) is 17.1. The van der Waals surface area contributed by atoms with Crippen molar-refractivity contribution in [2.24, 2.45) is 0 Å². The lowest BCUT2D eigenvalue weighted by atomic mass is 10.2. The number of halogens is 1. The van der Waals surface area contributed by atoms with Crippen LogP contribution in [0.5, 0.6) is 0 Å². The minimum Gasteiger partial charge on any atom is -0.367 e. The summed E-state index contributed by atoms with van der Waals surface area (Å²) in [6.07, 6.45) is 3.32. The lowest BCUT2D eigenvalue weighted by Crippen LogP contribution is -2.47. The molecule has 2 saturated heterocycles. The van der Waals surface area contributed by atoms with Gasteiger partial charge in [0, 0.05) is 39.3 Å². The standard InChI is InChI=1S/C18H24FN3O2S/c19-17-14(4-5-15-18(17)20-13-25-15)22-8-6-21(7-9-22)10-12-24-16-3-1-2-11-23-16/h4-5,13,16H,1-3,6-12H2. The van der Waals surface area contributed by atoms with E-state index in [-0.39, 0.29) is 12.1 Å². The Bertz CT molecular complexity index is 697. The smallest absolute Gasteiger partial charge is 0.173 e. The van der Waals surface area contributed by atoms with Crippen molar-refractivity contribution in [2.45, 2.75) is 25.6 Å². The van der Waals surface area contributed by atoms with Crippen LogP contribution < -0.4 is 4.90 Å². The molecule has 5 nitrogen and oxygen atoms in total. The molecule has 0 radical (unpaired) electrons. The van der Waals surface area contributed by atoms with Gasteiger partial charge in [0.15, 0.2) is 12.1 Å². The Morgan fingerprint density at radius 3 is 2.92 bits per heavy atom. The molecule has 1 atom stereocenters. The molecule has 0 aliphatic carbocycles. The number of aromatic nitrogens is 1. The van der Waals surface area contributed by atoms with Crippen molar-refractivity contribution in [3.63, 3.8) is 0 Å². The molecule has 1 aromatic heterocycles. The quantitative estimate of drug-likeness (QED) is 0.814. The summed E-state index contributed by atoms with van der Waals surface area (Å²) in [5.41, 5.74) is 2.86. The van der Waals surface area contributed by atoms with Crippen molar-refractivity contribution >= 4 is 27.2 Å². The summed E-state index contributed by atoms with van der Waals surface area (Å²) in [6.45, 7) is 5.91. The highest BCUT2D eigenvalue weighted by atomic mass is 32.1. The van der Waals surface area contributed by atoms with Gasteiger partial charge in [0.05, 0.1) is 22.5 Å². The summed E-state index contributed by atoms with van der Waals surface area (Å²) in [5, 5.41) is 0. The Morgan fingerprint density at radius 1 is 1.24 bits per heavy atom. The van der Waals surface area contributed by atoms with Gasteiger partial charge in [-0.1, -0.05) is 0 Å². The fraction of sp³-hybridized carbons (Fsp3) is 0.611. The lowest BCUT2D eigenvalue weighted by molar-refractivity contribution is -0.164. The molecule has 2 fully saturated rings. The van der Waals surface area contributed by atoms with E-state index in [1.54, 1.807) is 5.51 Å². The summed E-state index contributed by atoms with van der Waals surface area (Å²) in [4.78, 5) is 8.65. The maximum atomic E-state index is 14.6. The molecule has 4 rings (SSSR count). The zero-order valence-corrected chi connectivity index (χ0v) is 15.1. The highest BCUT2D eigenvalue weighted by Gasteiger charge is 2.21. The molecular weight excluding hydrogens is 341 g/mol. The number of thiazole rings is 1. The van der Waals surface area contributed by atoms with Crippen LogP contribution in [0.4, 0.5) is 10.1 Å². The van der Waals surface area contributed by atoms with Gasteiger partial charge in [-0.2, -0.15) is 0 Å². The van der Waals surface area contributed by atoms with Crippen LogP contribution in [0, 0.1) is 5.82 Å². The summed E-state index contributed by atoms with van der Waals surface area (Å²) in [6, 6.07) is 3.85. The summed E-state index contributed by atoms with van der Waals surface area (Å²) < 4.78 is 27.0. The average Bonchev–Trinajstić information content (AvgIpc) is 3.14. The van der Waals surface area contributed by atoms with E-state index in [1.165, 1.54) is 17.8 Å². The molecule has 3 heterocycles. The molecule has 136 valence electrons. The van der Waals surface area contributed by atoms with Gasteiger partial charge in [0.25, 0.3) is 0 Å². The highest BCUT2D eigenvalue weighted by Crippen LogP contribution is 2.29. The van der Waals surface area contributed by atoms with E-state index in [0.717, 1.165) is 56.9 Å². The first-order valence-electron chi connectivity index (χ1n) is 9.03. The minimum absolute atomic E-state index is 0.0195. The van der Waals surface area contributed by atoms with Gasteiger partial charge >= 0.3 is 0 Å². The van der Waals surface area contributed by atoms with Gasteiger partial charge in [0.1, 0.15) is 5.52 Å². The molecule has 2 aromatic rings. The van der Waals surface area contributed by atoms with Crippen LogP contribution in [0.2, 0.25) is 0 Å². The van der Waals surface area contributed by atoms with E-state index in [9.17, 15) is 4.39 Å². The minimum atomic E-state index is -0.190. The van der Waals surface area contributed by atoms with Crippen LogP contribution in [0.1, 0.15) is 19.3 Å². The fourth-order valence-electron chi connectivity index (χ4n) is 3.50. The van der Waals surface area contributed by atoms with Gasteiger partial charge in [-0.3, -0.25) is 4.90 Å². The normalized spacial score (nSPS) is 22.6. The van der Waals surface area contributed by atoms with Crippen LogP contribution in [-0.2, 0) is 9.47 Å². The third-order valence-electron chi connectivity index (χ3n) is 4.98. The number of nitrogens with zero attached hydrogens (tertiary/aromatic N) is 3. The van der Waals surface area contributed by atoms with Crippen molar-refractivity contribution in [2.75, 3.05) is 50.8 Å². The molecule has 0 amide bonds. The maximum Gasteiger partial charge on any atom is 0.173 e. The molecule has 1 aromatic carbocycles. The zero-order valence-electron chi connectivity index (χ0n) is 14.3.